The van der Waals surface area contributed by atoms with E-state index in [0.29, 0.717) is 5.56 Å². The molecule has 6 nitrogen and oxygen atoms in total. The van der Waals surface area contributed by atoms with Gasteiger partial charge in [0, 0.05) is 24.6 Å². The van der Waals surface area contributed by atoms with Crippen molar-refractivity contribution >= 4 is 17.8 Å². The van der Waals surface area contributed by atoms with Crippen LogP contribution in [0.15, 0.2) is 24.3 Å². The summed E-state index contributed by atoms with van der Waals surface area (Å²) >= 11 is 0. The Balaban J connectivity index is 2.88. The minimum Gasteiger partial charge on any atom is -0.481 e. The first kappa shape index (κ1) is 16.2. The van der Waals surface area contributed by atoms with Crippen molar-refractivity contribution in [3.8, 4) is 12.3 Å². The number of nitrogens with zero attached hydrogens (tertiary/aromatic N) is 1. The Bertz CT molecular complexity index is 585. The second kappa shape index (κ2) is 7.10. The van der Waals surface area contributed by atoms with Crippen LogP contribution in [0.25, 0.3) is 0 Å². The Morgan fingerprint density at radius 3 is 2.24 bits per heavy atom. The van der Waals surface area contributed by atoms with Gasteiger partial charge in [-0.1, -0.05) is 5.92 Å². The lowest BCUT2D eigenvalue weighted by molar-refractivity contribution is -0.143. The Labute approximate surface area is 122 Å². The molecule has 0 aliphatic carbocycles. The summed E-state index contributed by atoms with van der Waals surface area (Å²) in [6.45, 7) is 0. The van der Waals surface area contributed by atoms with Gasteiger partial charge in [-0.15, -0.1) is 6.42 Å². The van der Waals surface area contributed by atoms with Crippen molar-refractivity contribution in [1.29, 1.82) is 0 Å². The monoisotopic (exact) mass is 289 g/mol. The molecule has 0 radical (unpaired) electrons. The number of rotatable bonds is 6. The number of carboxylic acid groups (broad SMARTS) is 2. The van der Waals surface area contributed by atoms with Crippen molar-refractivity contribution in [2.45, 2.75) is 18.9 Å². The van der Waals surface area contributed by atoms with Crippen LogP contribution in [0.5, 0.6) is 0 Å². The van der Waals surface area contributed by atoms with Crippen molar-refractivity contribution in [3.63, 3.8) is 0 Å². The highest BCUT2D eigenvalue weighted by Gasteiger charge is 2.27. The van der Waals surface area contributed by atoms with Gasteiger partial charge in [0.2, 0.25) is 0 Å². The molecule has 1 atom stereocenters. The third-order valence-corrected chi connectivity index (χ3v) is 3.00. The van der Waals surface area contributed by atoms with E-state index < -0.39 is 23.9 Å². The first-order valence-corrected chi connectivity index (χ1v) is 6.15. The lowest BCUT2D eigenvalue weighted by Crippen LogP contribution is -2.42. The number of amides is 1. The average molecular weight is 289 g/mol. The largest absolute Gasteiger partial charge is 0.481 e. The van der Waals surface area contributed by atoms with Crippen LogP contribution >= 0.6 is 0 Å². The van der Waals surface area contributed by atoms with Gasteiger partial charge in [0.05, 0.1) is 0 Å². The van der Waals surface area contributed by atoms with E-state index in [4.69, 9.17) is 16.6 Å². The summed E-state index contributed by atoms with van der Waals surface area (Å²) in [4.78, 5) is 34.9. The Morgan fingerprint density at radius 1 is 1.24 bits per heavy atom. The van der Waals surface area contributed by atoms with Gasteiger partial charge in [0.25, 0.3) is 5.91 Å². The highest BCUT2D eigenvalue weighted by Crippen LogP contribution is 2.12. The molecule has 0 spiro atoms. The second-order valence-corrected chi connectivity index (χ2v) is 4.42. The standard InChI is InChI=1S/C15H15NO5/c1-3-10-4-6-11(7-5-10)14(19)16(2)12(15(20)21)8-9-13(17)18/h1,4-7,12H,8-9H2,2H3,(H,17,18)(H,20,21). The summed E-state index contributed by atoms with van der Waals surface area (Å²) in [6.07, 6.45) is 4.73. The van der Waals surface area contributed by atoms with E-state index in [0.717, 1.165) is 4.90 Å². The van der Waals surface area contributed by atoms with E-state index in [-0.39, 0.29) is 18.4 Å². The molecule has 1 unspecified atom stereocenters. The molecule has 0 fully saturated rings. The number of aliphatic carboxylic acids is 2. The van der Waals surface area contributed by atoms with Gasteiger partial charge in [0.15, 0.2) is 0 Å². The summed E-state index contributed by atoms with van der Waals surface area (Å²) in [5.41, 5.74) is 0.896. The van der Waals surface area contributed by atoms with Crippen LogP contribution in [0.3, 0.4) is 0 Å². The number of benzene rings is 1. The van der Waals surface area contributed by atoms with E-state index in [9.17, 15) is 14.4 Å². The Kier molecular flexibility index (Phi) is 5.49. The first-order chi connectivity index (χ1) is 9.86. The van der Waals surface area contributed by atoms with E-state index in [2.05, 4.69) is 5.92 Å². The van der Waals surface area contributed by atoms with Crippen LogP contribution < -0.4 is 0 Å². The molecule has 0 aliphatic heterocycles. The summed E-state index contributed by atoms with van der Waals surface area (Å²) in [6, 6.07) is 4.97. The first-order valence-electron chi connectivity index (χ1n) is 6.15. The van der Waals surface area contributed by atoms with E-state index in [1.807, 2.05) is 0 Å². The van der Waals surface area contributed by atoms with Crippen molar-refractivity contribution in [1.82, 2.24) is 4.90 Å². The number of likely N-dealkylation sites (N-methyl/N-ethyl adjacent to an activating group) is 1. The van der Waals surface area contributed by atoms with Crippen LogP contribution in [-0.2, 0) is 9.59 Å². The van der Waals surface area contributed by atoms with Crippen molar-refractivity contribution in [3.05, 3.63) is 35.4 Å². The van der Waals surface area contributed by atoms with E-state index in [1.54, 1.807) is 12.1 Å². The molecule has 0 saturated heterocycles. The summed E-state index contributed by atoms with van der Waals surface area (Å²) in [5.74, 6) is -0.445. The maximum Gasteiger partial charge on any atom is 0.326 e. The second-order valence-electron chi connectivity index (χ2n) is 4.42. The molecule has 0 bridgehead atoms. The maximum atomic E-state index is 12.2. The number of carbonyl (C=O) groups is 3. The SMILES string of the molecule is C#Cc1ccc(C(=O)N(C)C(CCC(=O)O)C(=O)O)cc1. The highest BCUT2D eigenvalue weighted by atomic mass is 16.4. The van der Waals surface area contributed by atoms with Crippen molar-refractivity contribution in [2.24, 2.45) is 0 Å². The van der Waals surface area contributed by atoms with Crippen molar-refractivity contribution in [2.75, 3.05) is 7.05 Å². The minimum absolute atomic E-state index is 0.157. The normalized spacial score (nSPS) is 11.2. The molecular formula is C15H15NO5. The number of hydrogen-bond donors (Lipinski definition) is 2. The quantitative estimate of drug-likeness (QED) is 0.763. The molecule has 1 aromatic rings. The third kappa shape index (κ3) is 4.35. The van der Waals surface area contributed by atoms with E-state index >= 15 is 0 Å². The molecule has 6 heteroatoms. The number of hydrogen-bond acceptors (Lipinski definition) is 3. The molecular weight excluding hydrogens is 274 g/mol. The predicted octanol–water partition coefficient (Wildman–Crippen LogP) is 1.06. The average Bonchev–Trinajstić information content (AvgIpc) is 2.45. The van der Waals surface area contributed by atoms with Gasteiger partial charge in [-0.25, -0.2) is 4.79 Å². The zero-order valence-corrected chi connectivity index (χ0v) is 11.4. The van der Waals surface area contributed by atoms with Gasteiger partial charge in [-0.05, 0) is 30.7 Å². The highest BCUT2D eigenvalue weighted by molar-refractivity contribution is 5.96. The van der Waals surface area contributed by atoms with Crippen LogP contribution in [0.1, 0.15) is 28.8 Å². The fourth-order valence-electron chi connectivity index (χ4n) is 1.80. The minimum atomic E-state index is -1.24. The number of carbonyl (C=O) groups excluding carboxylic acids is 1. The van der Waals surface area contributed by atoms with Gasteiger partial charge < -0.3 is 15.1 Å². The van der Waals surface area contributed by atoms with Gasteiger partial charge in [-0.2, -0.15) is 0 Å². The predicted molar refractivity (Wildman–Crippen MR) is 74.8 cm³/mol. The maximum absolute atomic E-state index is 12.2. The Hall–Kier alpha value is -2.81. The van der Waals surface area contributed by atoms with Gasteiger partial charge in [-0.3, -0.25) is 9.59 Å². The number of carboxylic acids is 2. The third-order valence-electron chi connectivity index (χ3n) is 3.00. The van der Waals surface area contributed by atoms with Crippen molar-refractivity contribution < 1.29 is 24.6 Å². The van der Waals surface area contributed by atoms with Gasteiger partial charge >= 0.3 is 11.9 Å². The Morgan fingerprint density at radius 2 is 1.81 bits per heavy atom. The lowest BCUT2D eigenvalue weighted by atomic mass is 10.1. The molecule has 0 saturated carbocycles. The lowest BCUT2D eigenvalue weighted by Gasteiger charge is -2.24. The van der Waals surface area contributed by atoms with Crippen LogP contribution in [0.2, 0.25) is 0 Å². The summed E-state index contributed by atoms with van der Waals surface area (Å²) in [7, 11) is 1.33. The topological polar surface area (TPSA) is 94.9 Å². The fourth-order valence-corrected chi connectivity index (χ4v) is 1.80. The molecule has 110 valence electrons. The molecule has 0 aromatic heterocycles. The summed E-state index contributed by atoms with van der Waals surface area (Å²) < 4.78 is 0. The molecule has 2 N–H and O–H groups in total. The van der Waals surface area contributed by atoms with E-state index in [1.165, 1.54) is 19.2 Å². The zero-order valence-electron chi connectivity index (χ0n) is 11.4. The molecule has 1 amide bonds. The van der Waals surface area contributed by atoms with Crippen LogP contribution in [0.4, 0.5) is 0 Å². The molecule has 21 heavy (non-hydrogen) atoms. The smallest absolute Gasteiger partial charge is 0.326 e. The molecule has 0 aliphatic rings. The molecule has 0 heterocycles. The zero-order chi connectivity index (χ0) is 16.0. The number of terminal acetylenes is 1. The van der Waals surface area contributed by atoms with Gasteiger partial charge in [0.1, 0.15) is 6.04 Å². The summed E-state index contributed by atoms with van der Waals surface area (Å²) in [5, 5.41) is 17.7. The van der Waals surface area contributed by atoms with Crippen LogP contribution in [-0.4, -0.2) is 46.0 Å². The molecule has 1 aromatic carbocycles. The van der Waals surface area contributed by atoms with Crippen LogP contribution in [0, 0.1) is 12.3 Å². The fraction of sp³-hybridized carbons (Fsp3) is 0.267. The molecule has 1 rings (SSSR count).